The molecule has 2 heterocycles. The molecule has 0 unspecified atom stereocenters. The molecule has 0 bridgehead atoms. The Balaban J connectivity index is 2.20. The molecule has 0 amide bonds. The van der Waals surface area contributed by atoms with Crippen LogP contribution in [0.2, 0.25) is 0 Å². The number of anilines is 1. The van der Waals surface area contributed by atoms with Crippen molar-refractivity contribution in [2.24, 2.45) is 0 Å². The molecular formula is C15H23BN2O3. The van der Waals surface area contributed by atoms with Crippen molar-refractivity contribution < 1.29 is 14.0 Å². The van der Waals surface area contributed by atoms with Gasteiger partial charge in [0.15, 0.2) is 0 Å². The number of nitrogens with zero attached hydrogens (tertiary/aromatic N) is 1. The summed E-state index contributed by atoms with van der Waals surface area (Å²) in [6.07, 6.45) is 3.47. The van der Waals surface area contributed by atoms with Crippen LogP contribution in [0.1, 0.15) is 40.2 Å². The lowest BCUT2D eigenvalue weighted by Crippen LogP contribution is -2.41. The zero-order chi connectivity index (χ0) is 15.7. The van der Waals surface area contributed by atoms with E-state index in [1.54, 1.807) is 12.3 Å². The predicted molar refractivity (Wildman–Crippen MR) is 84.9 cm³/mol. The zero-order valence-electron chi connectivity index (χ0n) is 13.3. The maximum absolute atomic E-state index is 5.99. The molecular weight excluding hydrogens is 267 g/mol. The lowest BCUT2D eigenvalue weighted by Gasteiger charge is -2.32. The summed E-state index contributed by atoms with van der Waals surface area (Å²) in [5.74, 6) is 2.36. The van der Waals surface area contributed by atoms with Gasteiger partial charge in [-0.1, -0.05) is 12.1 Å². The Morgan fingerprint density at radius 1 is 1.29 bits per heavy atom. The molecule has 1 aromatic rings. The quantitative estimate of drug-likeness (QED) is 0.864. The molecule has 21 heavy (non-hydrogen) atoms. The highest BCUT2D eigenvalue weighted by Crippen LogP contribution is 2.37. The molecule has 0 aromatic carbocycles. The summed E-state index contributed by atoms with van der Waals surface area (Å²) in [7, 11) is -0.413. The Kier molecular flexibility index (Phi) is 4.30. The first-order valence-electron chi connectivity index (χ1n) is 7.18. The lowest BCUT2D eigenvalue weighted by atomic mass is 9.89. The number of pyridine rings is 1. The lowest BCUT2D eigenvalue weighted by molar-refractivity contribution is 0.00578. The summed E-state index contributed by atoms with van der Waals surface area (Å²) in [4.78, 5) is 4.20. The second kappa shape index (κ2) is 5.69. The fourth-order valence-electron chi connectivity index (χ4n) is 2.03. The van der Waals surface area contributed by atoms with Gasteiger partial charge in [0.1, 0.15) is 0 Å². The molecule has 2 N–H and O–H groups in total. The van der Waals surface area contributed by atoms with E-state index in [4.69, 9.17) is 19.8 Å². The van der Waals surface area contributed by atoms with Gasteiger partial charge in [0, 0.05) is 11.9 Å². The largest absolute Gasteiger partial charge is 0.487 e. The van der Waals surface area contributed by atoms with Gasteiger partial charge in [-0.05, 0) is 40.7 Å². The van der Waals surface area contributed by atoms with E-state index in [2.05, 4.69) is 4.98 Å². The Morgan fingerprint density at radius 2 is 1.90 bits per heavy atom. The van der Waals surface area contributed by atoms with Gasteiger partial charge >= 0.3 is 7.12 Å². The maximum atomic E-state index is 5.99. The summed E-state index contributed by atoms with van der Waals surface area (Å²) < 4.78 is 17.3. The third kappa shape index (κ3) is 3.22. The molecule has 2 rings (SSSR count). The van der Waals surface area contributed by atoms with Gasteiger partial charge in [0.05, 0.1) is 23.4 Å². The van der Waals surface area contributed by atoms with Gasteiger partial charge in [-0.25, -0.2) is 4.98 Å². The van der Waals surface area contributed by atoms with Gasteiger partial charge in [0.2, 0.25) is 5.88 Å². The highest BCUT2D eigenvalue weighted by atomic mass is 16.7. The average Bonchev–Trinajstić information content (AvgIpc) is 2.57. The normalized spacial score (nSPS) is 20.1. The topological polar surface area (TPSA) is 66.6 Å². The van der Waals surface area contributed by atoms with E-state index in [-0.39, 0.29) is 11.2 Å². The van der Waals surface area contributed by atoms with Crippen LogP contribution in [0.5, 0.6) is 5.88 Å². The van der Waals surface area contributed by atoms with Crippen LogP contribution < -0.4 is 10.5 Å². The number of hydrogen-bond acceptors (Lipinski definition) is 5. The van der Waals surface area contributed by atoms with Gasteiger partial charge in [-0.3, -0.25) is 0 Å². The fourth-order valence-corrected chi connectivity index (χ4v) is 2.03. The molecule has 5 nitrogen and oxygen atoms in total. The molecule has 1 aliphatic heterocycles. The molecule has 0 aliphatic carbocycles. The monoisotopic (exact) mass is 290 g/mol. The highest BCUT2D eigenvalue weighted by molar-refractivity contribution is 6.52. The van der Waals surface area contributed by atoms with Gasteiger partial charge in [0.25, 0.3) is 0 Å². The number of nitrogens with two attached hydrogens (primary N) is 1. The van der Waals surface area contributed by atoms with E-state index < -0.39 is 7.12 Å². The van der Waals surface area contributed by atoms with E-state index in [0.29, 0.717) is 18.2 Å². The van der Waals surface area contributed by atoms with Crippen LogP contribution >= 0.6 is 0 Å². The van der Waals surface area contributed by atoms with Crippen molar-refractivity contribution in [3.63, 3.8) is 0 Å². The first kappa shape index (κ1) is 15.9. The molecule has 0 radical (unpaired) electrons. The third-order valence-electron chi connectivity index (χ3n) is 3.96. The predicted octanol–water partition coefficient (Wildman–Crippen LogP) is 2.71. The average molecular weight is 290 g/mol. The molecule has 0 atom stereocenters. The molecule has 0 saturated carbocycles. The van der Waals surface area contributed by atoms with Crippen molar-refractivity contribution in [3.05, 3.63) is 23.8 Å². The summed E-state index contributed by atoms with van der Waals surface area (Å²) in [5, 5.41) is 0. The van der Waals surface area contributed by atoms with Crippen LogP contribution in [0, 0.1) is 0 Å². The number of rotatable bonds is 4. The molecule has 1 fully saturated rings. The minimum atomic E-state index is -0.413. The number of nitrogen functional groups attached to an aromatic ring is 1. The van der Waals surface area contributed by atoms with Crippen LogP contribution in [-0.4, -0.2) is 29.9 Å². The number of hydrogen-bond donors (Lipinski definition) is 1. The molecule has 114 valence electrons. The Hall–Kier alpha value is -1.53. The van der Waals surface area contributed by atoms with E-state index in [0.717, 1.165) is 5.56 Å². The second-order valence-electron chi connectivity index (χ2n) is 6.04. The van der Waals surface area contributed by atoms with Crippen molar-refractivity contribution in [3.8, 4) is 5.88 Å². The van der Waals surface area contributed by atoms with E-state index in [1.165, 1.54) is 0 Å². The van der Waals surface area contributed by atoms with Crippen molar-refractivity contribution in [1.29, 1.82) is 0 Å². The first-order valence-corrected chi connectivity index (χ1v) is 7.18. The zero-order valence-corrected chi connectivity index (χ0v) is 13.3. The van der Waals surface area contributed by atoms with Crippen LogP contribution in [0.25, 0.3) is 6.08 Å². The third-order valence-corrected chi connectivity index (χ3v) is 3.96. The highest BCUT2D eigenvalue weighted by Gasteiger charge is 2.50. The van der Waals surface area contributed by atoms with Gasteiger partial charge in [-0.15, -0.1) is 0 Å². The minimum absolute atomic E-state index is 0.356. The number of aromatic nitrogens is 1. The summed E-state index contributed by atoms with van der Waals surface area (Å²) in [5.41, 5.74) is 6.64. The Labute approximate surface area is 126 Å². The number of ether oxygens (including phenoxy) is 1. The van der Waals surface area contributed by atoms with Crippen molar-refractivity contribution in [2.75, 3.05) is 12.3 Å². The fraction of sp³-hybridized carbons (Fsp3) is 0.533. The van der Waals surface area contributed by atoms with E-state index in [9.17, 15) is 0 Å². The van der Waals surface area contributed by atoms with Crippen LogP contribution in [0.4, 0.5) is 5.69 Å². The molecule has 1 aromatic heterocycles. The van der Waals surface area contributed by atoms with Gasteiger partial charge < -0.3 is 19.8 Å². The van der Waals surface area contributed by atoms with Crippen molar-refractivity contribution in [2.45, 2.75) is 45.8 Å². The molecule has 0 spiro atoms. The summed E-state index contributed by atoms with van der Waals surface area (Å²) >= 11 is 0. The van der Waals surface area contributed by atoms with E-state index >= 15 is 0 Å². The summed E-state index contributed by atoms with van der Waals surface area (Å²) in [6, 6.07) is 1.74. The smallest absolute Gasteiger partial charge is 0.477 e. The van der Waals surface area contributed by atoms with Crippen LogP contribution in [-0.2, 0) is 9.31 Å². The molecule has 1 aliphatic rings. The molecule has 6 heteroatoms. The van der Waals surface area contributed by atoms with Crippen molar-refractivity contribution >= 4 is 18.9 Å². The van der Waals surface area contributed by atoms with Crippen LogP contribution in [0.3, 0.4) is 0 Å². The van der Waals surface area contributed by atoms with Gasteiger partial charge in [-0.2, -0.15) is 0 Å². The molecule has 1 saturated heterocycles. The SMILES string of the molecule is CCOc1nccc(N)c1/C=C/B1OC(C)(C)C(C)(C)O1. The Morgan fingerprint density at radius 3 is 2.48 bits per heavy atom. The van der Waals surface area contributed by atoms with Crippen molar-refractivity contribution in [1.82, 2.24) is 4.98 Å². The summed E-state index contributed by atoms with van der Waals surface area (Å²) in [6.45, 7) is 10.5. The second-order valence-corrected chi connectivity index (χ2v) is 6.04. The van der Waals surface area contributed by atoms with E-state index in [1.807, 2.05) is 46.7 Å². The maximum Gasteiger partial charge on any atom is 0.487 e. The Bertz CT molecular complexity index is 528. The first-order chi connectivity index (χ1) is 9.77. The minimum Gasteiger partial charge on any atom is -0.477 e. The standard InChI is InChI=1S/C15H23BN2O3/c1-6-19-13-11(12(17)8-10-18-13)7-9-16-20-14(2,3)15(4,5)21-16/h7-10H,6H2,1-5H3,(H2,17,18)/b9-7+. The van der Waals surface area contributed by atoms with Crippen LogP contribution in [0.15, 0.2) is 18.2 Å².